The molecule has 4 heterocycles. The van der Waals surface area contributed by atoms with E-state index in [-0.39, 0.29) is 18.6 Å². The molecule has 0 aliphatic carbocycles. The van der Waals surface area contributed by atoms with Gasteiger partial charge in [-0.3, -0.25) is 0 Å². The summed E-state index contributed by atoms with van der Waals surface area (Å²) in [6, 6.07) is 1.99. The van der Waals surface area contributed by atoms with Gasteiger partial charge in [0.15, 0.2) is 0 Å². The molecule has 104 valence electrons. The molecular formula is C14H16N4O2. The van der Waals surface area contributed by atoms with Crippen LogP contribution in [-0.4, -0.2) is 44.4 Å². The maximum atomic E-state index is 9.10. The van der Waals surface area contributed by atoms with Crippen molar-refractivity contribution in [2.45, 2.75) is 24.9 Å². The van der Waals surface area contributed by atoms with Gasteiger partial charge in [-0.15, -0.1) is 0 Å². The first-order valence-corrected chi connectivity index (χ1v) is 6.89. The van der Waals surface area contributed by atoms with Gasteiger partial charge < -0.3 is 19.8 Å². The molecule has 0 radical (unpaired) electrons. The predicted molar refractivity (Wildman–Crippen MR) is 74.5 cm³/mol. The van der Waals surface area contributed by atoms with Crippen molar-refractivity contribution in [3.8, 4) is 0 Å². The number of aliphatic hydroxyl groups is 1. The fourth-order valence-corrected chi connectivity index (χ4v) is 2.85. The van der Waals surface area contributed by atoms with Crippen LogP contribution < -0.4 is 0 Å². The summed E-state index contributed by atoms with van der Waals surface area (Å²) >= 11 is 0. The van der Waals surface area contributed by atoms with Gasteiger partial charge in [0.1, 0.15) is 17.0 Å². The summed E-state index contributed by atoms with van der Waals surface area (Å²) in [5, 5.41) is 10.1. The Balaban J connectivity index is 1.70. The van der Waals surface area contributed by atoms with Crippen molar-refractivity contribution in [3.63, 3.8) is 0 Å². The molecule has 0 bridgehead atoms. The van der Waals surface area contributed by atoms with Crippen LogP contribution in [0.15, 0.2) is 18.5 Å². The largest absolute Gasteiger partial charge is 0.394 e. The second kappa shape index (κ2) is 4.57. The van der Waals surface area contributed by atoms with Gasteiger partial charge in [-0.05, 0) is 18.9 Å². The van der Waals surface area contributed by atoms with Crippen LogP contribution in [-0.2, 0) is 4.74 Å². The Morgan fingerprint density at radius 2 is 2.35 bits per heavy atom. The van der Waals surface area contributed by atoms with Crippen molar-refractivity contribution in [3.05, 3.63) is 24.3 Å². The van der Waals surface area contributed by atoms with Crippen LogP contribution in [0.3, 0.4) is 0 Å². The Labute approximate surface area is 115 Å². The summed E-state index contributed by atoms with van der Waals surface area (Å²) in [6.07, 6.45) is 5.52. The zero-order chi connectivity index (χ0) is 13.5. The van der Waals surface area contributed by atoms with Gasteiger partial charge in [-0.25, -0.2) is 9.97 Å². The van der Waals surface area contributed by atoms with Gasteiger partial charge in [0.05, 0.1) is 31.0 Å². The normalized spacial score (nSPS) is 23.6. The monoisotopic (exact) mass is 272 g/mol. The van der Waals surface area contributed by atoms with Crippen LogP contribution in [0.5, 0.6) is 0 Å². The number of aromatic nitrogens is 4. The van der Waals surface area contributed by atoms with Crippen molar-refractivity contribution in [1.82, 2.24) is 19.9 Å². The number of fused-ring (bicyclic) bond motifs is 3. The van der Waals surface area contributed by atoms with Crippen molar-refractivity contribution in [2.75, 3.05) is 13.2 Å². The summed E-state index contributed by atoms with van der Waals surface area (Å²) < 4.78 is 5.63. The highest BCUT2D eigenvalue weighted by Crippen LogP contribution is 2.29. The highest BCUT2D eigenvalue weighted by atomic mass is 16.5. The van der Waals surface area contributed by atoms with E-state index in [1.165, 1.54) is 0 Å². The Bertz CT molecular complexity index is 740. The van der Waals surface area contributed by atoms with E-state index in [1.54, 1.807) is 0 Å². The third-order valence-corrected chi connectivity index (χ3v) is 4.01. The Kier molecular flexibility index (Phi) is 2.71. The van der Waals surface area contributed by atoms with Crippen molar-refractivity contribution in [2.24, 2.45) is 0 Å². The third kappa shape index (κ3) is 1.80. The molecular weight excluding hydrogens is 256 g/mol. The van der Waals surface area contributed by atoms with E-state index < -0.39 is 0 Å². The van der Waals surface area contributed by atoms with Crippen LogP contribution >= 0.6 is 0 Å². The molecule has 3 N–H and O–H groups in total. The fraction of sp³-hybridized carbons (Fsp3) is 0.429. The molecule has 1 saturated heterocycles. The predicted octanol–water partition coefficient (Wildman–Crippen LogP) is 1.69. The highest BCUT2D eigenvalue weighted by Gasteiger charge is 2.25. The molecule has 20 heavy (non-hydrogen) atoms. The van der Waals surface area contributed by atoms with Crippen LogP contribution in [0.1, 0.15) is 24.6 Å². The molecule has 6 heteroatoms. The van der Waals surface area contributed by atoms with Crippen molar-refractivity contribution in [1.29, 1.82) is 0 Å². The number of hydrogen-bond acceptors (Lipinski definition) is 4. The Morgan fingerprint density at radius 1 is 1.40 bits per heavy atom. The average molecular weight is 272 g/mol. The van der Waals surface area contributed by atoms with Gasteiger partial charge >= 0.3 is 0 Å². The Hall–Kier alpha value is -1.92. The van der Waals surface area contributed by atoms with Gasteiger partial charge in [0.2, 0.25) is 0 Å². The van der Waals surface area contributed by atoms with Gasteiger partial charge in [0.25, 0.3) is 0 Å². The zero-order valence-corrected chi connectivity index (χ0v) is 11.0. The van der Waals surface area contributed by atoms with Crippen LogP contribution in [0, 0.1) is 0 Å². The number of nitrogens with zero attached hydrogens (tertiary/aromatic N) is 2. The number of pyridine rings is 1. The quantitative estimate of drug-likeness (QED) is 0.662. The molecule has 6 nitrogen and oxygen atoms in total. The standard InChI is InChI=1S/C14H16N4O2/c19-6-9-2-1-8(7-20-9)13-17-11-5-16-14-10(3-4-15-14)12(11)18-13/h3-5,8-9,19H,1-2,6-7H2,(H,15,16)(H,17,18). The van der Waals surface area contributed by atoms with Crippen molar-refractivity contribution >= 4 is 22.1 Å². The van der Waals surface area contributed by atoms with Crippen LogP contribution in [0.2, 0.25) is 0 Å². The minimum Gasteiger partial charge on any atom is -0.394 e. The summed E-state index contributed by atoms with van der Waals surface area (Å²) in [6.45, 7) is 0.704. The molecule has 3 aromatic rings. The van der Waals surface area contributed by atoms with Crippen LogP contribution in [0.4, 0.5) is 0 Å². The SMILES string of the molecule is OCC1CCC(c2nc3c(cnc4[nH]ccc43)[nH]2)CO1. The average Bonchev–Trinajstić information content (AvgIpc) is 3.12. The number of hydrogen-bond donors (Lipinski definition) is 3. The van der Waals surface area contributed by atoms with E-state index in [0.717, 1.165) is 40.7 Å². The molecule has 0 spiro atoms. The first kappa shape index (κ1) is 11.9. The lowest BCUT2D eigenvalue weighted by atomic mass is 9.98. The summed E-state index contributed by atoms with van der Waals surface area (Å²) in [4.78, 5) is 15.5. The zero-order valence-electron chi connectivity index (χ0n) is 11.0. The topological polar surface area (TPSA) is 86.8 Å². The number of rotatable bonds is 2. The lowest BCUT2D eigenvalue weighted by molar-refractivity contribution is -0.0280. The number of nitrogens with one attached hydrogen (secondary N) is 2. The van der Waals surface area contributed by atoms with Gasteiger partial charge in [0, 0.05) is 17.5 Å². The molecule has 0 aromatic carbocycles. The third-order valence-electron chi connectivity index (χ3n) is 4.01. The number of imidazole rings is 1. The van der Waals surface area contributed by atoms with Crippen molar-refractivity contribution < 1.29 is 9.84 Å². The van der Waals surface area contributed by atoms with E-state index in [9.17, 15) is 0 Å². The molecule has 1 aliphatic rings. The minimum absolute atomic E-state index is 0.0197. The van der Waals surface area contributed by atoms with E-state index in [2.05, 4.69) is 15.0 Å². The summed E-state index contributed by atoms with van der Waals surface area (Å²) in [7, 11) is 0. The van der Waals surface area contributed by atoms with Crippen LogP contribution in [0.25, 0.3) is 22.1 Å². The first-order chi connectivity index (χ1) is 9.85. The van der Waals surface area contributed by atoms with Gasteiger partial charge in [-0.2, -0.15) is 0 Å². The van der Waals surface area contributed by atoms with Gasteiger partial charge in [-0.1, -0.05) is 0 Å². The molecule has 3 aromatic heterocycles. The lowest BCUT2D eigenvalue weighted by Crippen LogP contribution is -2.27. The van der Waals surface area contributed by atoms with E-state index in [0.29, 0.717) is 6.61 Å². The molecule has 0 saturated carbocycles. The number of aromatic amines is 2. The second-order valence-electron chi connectivity index (χ2n) is 5.29. The second-order valence-corrected chi connectivity index (χ2v) is 5.29. The Morgan fingerprint density at radius 3 is 3.15 bits per heavy atom. The molecule has 4 rings (SSSR count). The fourth-order valence-electron chi connectivity index (χ4n) is 2.85. The maximum Gasteiger partial charge on any atom is 0.139 e. The maximum absolute atomic E-state index is 9.10. The molecule has 1 aliphatic heterocycles. The lowest BCUT2D eigenvalue weighted by Gasteiger charge is -2.26. The molecule has 0 amide bonds. The summed E-state index contributed by atoms with van der Waals surface area (Å²) in [5.41, 5.74) is 2.77. The number of H-pyrrole nitrogens is 2. The van der Waals surface area contributed by atoms with E-state index >= 15 is 0 Å². The number of aliphatic hydroxyl groups excluding tert-OH is 1. The minimum atomic E-state index is -0.0197. The van der Waals surface area contributed by atoms with E-state index in [4.69, 9.17) is 14.8 Å². The highest BCUT2D eigenvalue weighted by molar-refractivity contribution is 6.00. The summed E-state index contributed by atoms with van der Waals surface area (Å²) in [5.74, 6) is 1.21. The molecule has 1 fully saturated rings. The smallest absolute Gasteiger partial charge is 0.139 e. The van der Waals surface area contributed by atoms with E-state index in [1.807, 2.05) is 18.5 Å². The molecule has 2 atom stereocenters. The number of ether oxygens (including phenoxy) is 1. The molecule has 2 unspecified atom stereocenters. The first-order valence-electron chi connectivity index (χ1n) is 6.89.